The summed E-state index contributed by atoms with van der Waals surface area (Å²) in [6.45, 7) is 8.26. The van der Waals surface area contributed by atoms with Crippen molar-refractivity contribution >= 4 is 32.7 Å². The van der Waals surface area contributed by atoms with Crippen LogP contribution >= 0.6 is 11.3 Å². The lowest BCUT2D eigenvalue weighted by Crippen LogP contribution is -2.49. The average Bonchev–Trinajstić information content (AvgIpc) is 2.96. The maximum Gasteiger partial charge on any atom is 0.320 e. The Morgan fingerprint density at radius 2 is 1.92 bits per heavy atom. The molecular weight excluding hydrogens is 348 g/mol. The number of urea groups is 1. The van der Waals surface area contributed by atoms with Gasteiger partial charge < -0.3 is 19.4 Å². The standard InChI is InChI=1S/C19H26N4O2S/c1-2-15-4-5-16-17(14-15)26-18(20-16)21-6-3-7-22(9-8-21)19(24)23-10-12-25-13-11-23/h4-5,14H,2-3,6-13H2,1H3. The summed E-state index contributed by atoms with van der Waals surface area (Å²) in [6.07, 6.45) is 2.03. The number of hydrogen-bond donors (Lipinski definition) is 0. The Hall–Kier alpha value is -1.86. The Labute approximate surface area is 158 Å². The first-order chi connectivity index (χ1) is 12.7. The quantitative estimate of drug-likeness (QED) is 0.811. The fourth-order valence-corrected chi connectivity index (χ4v) is 4.65. The number of carbonyl (C=O) groups is 1. The van der Waals surface area contributed by atoms with Crippen LogP contribution in [0, 0.1) is 0 Å². The van der Waals surface area contributed by atoms with Gasteiger partial charge in [0.05, 0.1) is 23.4 Å². The number of benzene rings is 1. The van der Waals surface area contributed by atoms with Crippen molar-refractivity contribution < 1.29 is 9.53 Å². The van der Waals surface area contributed by atoms with Crippen molar-refractivity contribution in [1.82, 2.24) is 14.8 Å². The predicted molar refractivity (Wildman–Crippen MR) is 105 cm³/mol. The van der Waals surface area contributed by atoms with E-state index in [0.29, 0.717) is 26.3 Å². The first-order valence-corrected chi connectivity index (χ1v) is 10.3. The smallest absolute Gasteiger partial charge is 0.320 e. The maximum absolute atomic E-state index is 12.7. The zero-order valence-electron chi connectivity index (χ0n) is 15.3. The molecule has 4 rings (SSSR count). The molecule has 0 spiro atoms. The Balaban J connectivity index is 1.44. The average molecular weight is 375 g/mol. The third-order valence-electron chi connectivity index (χ3n) is 5.17. The second kappa shape index (κ2) is 7.80. The molecule has 2 aromatic rings. The first kappa shape index (κ1) is 17.5. The summed E-state index contributed by atoms with van der Waals surface area (Å²) in [4.78, 5) is 23.8. The van der Waals surface area contributed by atoms with E-state index in [0.717, 1.165) is 49.7 Å². The minimum atomic E-state index is 0.159. The molecule has 3 heterocycles. The van der Waals surface area contributed by atoms with Crippen molar-refractivity contribution in [2.45, 2.75) is 19.8 Å². The molecule has 7 heteroatoms. The molecule has 0 N–H and O–H groups in total. The summed E-state index contributed by atoms with van der Waals surface area (Å²) in [7, 11) is 0. The number of thiazole rings is 1. The molecule has 2 fully saturated rings. The molecule has 0 saturated carbocycles. The van der Waals surface area contributed by atoms with Crippen molar-refractivity contribution in [3.63, 3.8) is 0 Å². The number of carbonyl (C=O) groups excluding carboxylic acids is 1. The maximum atomic E-state index is 12.7. The fourth-order valence-electron chi connectivity index (χ4n) is 3.57. The number of rotatable bonds is 2. The lowest BCUT2D eigenvalue weighted by atomic mass is 10.2. The number of aryl methyl sites for hydroxylation is 1. The van der Waals surface area contributed by atoms with Crippen LogP contribution in [0.3, 0.4) is 0 Å². The molecule has 0 atom stereocenters. The summed E-state index contributed by atoms with van der Waals surface area (Å²) in [6, 6.07) is 6.70. The van der Waals surface area contributed by atoms with Crippen molar-refractivity contribution in [2.75, 3.05) is 57.4 Å². The van der Waals surface area contributed by atoms with Crippen LogP contribution in [-0.2, 0) is 11.2 Å². The Kier molecular flexibility index (Phi) is 5.26. The van der Waals surface area contributed by atoms with Gasteiger partial charge >= 0.3 is 6.03 Å². The summed E-state index contributed by atoms with van der Waals surface area (Å²) < 4.78 is 6.61. The first-order valence-electron chi connectivity index (χ1n) is 9.50. The molecule has 140 valence electrons. The summed E-state index contributed by atoms with van der Waals surface area (Å²) >= 11 is 1.76. The van der Waals surface area contributed by atoms with E-state index in [2.05, 4.69) is 30.0 Å². The zero-order chi connectivity index (χ0) is 17.9. The number of hydrogen-bond acceptors (Lipinski definition) is 5. The summed E-state index contributed by atoms with van der Waals surface area (Å²) in [5.74, 6) is 0. The van der Waals surface area contributed by atoms with E-state index >= 15 is 0 Å². The van der Waals surface area contributed by atoms with Crippen LogP contribution in [0.2, 0.25) is 0 Å². The molecule has 2 aliphatic heterocycles. The molecule has 0 unspecified atom stereocenters. The second-order valence-corrected chi connectivity index (χ2v) is 7.87. The van der Waals surface area contributed by atoms with Gasteiger partial charge in [-0.1, -0.05) is 24.3 Å². The third kappa shape index (κ3) is 3.64. The lowest BCUT2D eigenvalue weighted by molar-refractivity contribution is 0.0438. The van der Waals surface area contributed by atoms with Gasteiger partial charge in [-0.25, -0.2) is 9.78 Å². The largest absolute Gasteiger partial charge is 0.378 e. The summed E-state index contributed by atoms with van der Waals surface area (Å²) in [5, 5.41) is 1.08. The highest BCUT2D eigenvalue weighted by Crippen LogP contribution is 2.30. The Bertz CT molecular complexity index is 772. The summed E-state index contributed by atoms with van der Waals surface area (Å²) in [5.41, 5.74) is 2.43. The van der Waals surface area contributed by atoms with E-state index in [1.165, 1.54) is 10.3 Å². The monoisotopic (exact) mass is 374 g/mol. The minimum Gasteiger partial charge on any atom is -0.378 e. The van der Waals surface area contributed by atoms with Crippen LogP contribution in [0.1, 0.15) is 18.9 Å². The third-order valence-corrected chi connectivity index (χ3v) is 6.25. The SMILES string of the molecule is CCc1ccc2nc(N3CCCN(C(=O)N4CCOCC4)CC3)sc2c1. The molecule has 2 aliphatic rings. The lowest BCUT2D eigenvalue weighted by Gasteiger charge is -2.32. The van der Waals surface area contributed by atoms with E-state index in [-0.39, 0.29) is 6.03 Å². The van der Waals surface area contributed by atoms with Gasteiger partial charge in [-0.2, -0.15) is 0 Å². The van der Waals surface area contributed by atoms with Crippen LogP contribution in [0.25, 0.3) is 10.2 Å². The highest BCUT2D eigenvalue weighted by atomic mass is 32.1. The number of aromatic nitrogens is 1. The Morgan fingerprint density at radius 3 is 2.73 bits per heavy atom. The second-order valence-electron chi connectivity index (χ2n) is 6.86. The number of nitrogens with zero attached hydrogens (tertiary/aromatic N) is 4. The van der Waals surface area contributed by atoms with Crippen molar-refractivity contribution in [1.29, 1.82) is 0 Å². The normalized spacial score (nSPS) is 19.0. The minimum absolute atomic E-state index is 0.159. The van der Waals surface area contributed by atoms with E-state index in [1.807, 2.05) is 9.80 Å². The van der Waals surface area contributed by atoms with Gasteiger partial charge in [-0.3, -0.25) is 0 Å². The van der Waals surface area contributed by atoms with Crippen molar-refractivity contribution in [3.8, 4) is 0 Å². The highest BCUT2D eigenvalue weighted by Gasteiger charge is 2.25. The molecule has 2 amide bonds. The van der Waals surface area contributed by atoms with E-state index in [1.54, 1.807) is 11.3 Å². The Morgan fingerprint density at radius 1 is 1.12 bits per heavy atom. The number of morpholine rings is 1. The molecular formula is C19H26N4O2S. The van der Waals surface area contributed by atoms with Gasteiger partial charge in [0.15, 0.2) is 5.13 Å². The van der Waals surface area contributed by atoms with E-state index < -0.39 is 0 Å². The van der Waals surface area contributed by atoms with Gasteiger partial charge in [0.25, 0.3) is 0 Å². The van der Waals surface area contributed by atoms with Gasteiger partial charge in [0.1, 0.15) is 0 Å². The number of ether oxygens (including phenoxy) is 1. The van der Waals surface area contributed by atoms with Gasteiger partial charge in [0.2, 0.25) is 0 Å². The predicted octanol–water partition coefficient (Wildman–Crippen LogP) is 2.82. The van der Waals surface area contributed by atoms with Crippen molar-refractivity contribution in [2.24, 2.45) is 0 Å². The van der Waals surface area contributed by atoms with Crippen LogP contribution in [0.15, 0.2) is 18.2 Å². The van der Waals surface area contributed by atoms with Crippen LogP contribution in [0.4, 0.5) is 9.93 Å². The molecule has 1 aromatic carbocycles. The molecule has 2 saturated heterocycles. The fraction of sp³-hybridized carbons (Fsp3) is 0.579. The van der Waals surface area contributed by atoms with Gasteiger partial charge in [0, 0.05) is 39.3 Å². The molecule has 0 aliphatic carbocycles. The van der Waals surface area contributed by atoms with E-state index in [9.17, 15) is 4.79 Å². The zero-order valence-corrected chi connectivity index (χ0v) is 16.1. The van der Waals surface area contributed by atoms with Crippen molar-refractivity contribution in [3.05, 3.63) is 23.8 Å². The van der Waals surface area contributed by atoms with Gasteiger partial charge in [-0.05, 0) is 30.5 Å². The molecule has 26 heavy (non-hydrogen) atoms. The number of fused-ring (bicyclic) bond motifs is 1. The topological polar surface area (TPSA) is 48.9 Å². The molecule has 0 bridgehead atoms. The van der Waals surface area contributed by atoms with Crippen LogP contribution in [0.5, 0.6) is 0 Å². The van der Waals surface area contributed by atoms with Gasteiger partial charge in [-0.15, -0.1) is 0 Å². The van der Waals surface area contributed by atoms with Crippen LogP contribution < -0.4 is 4.90 Å². The van der Waals surface area contributed by atoms with Crippen LogP contribution in [-0.4, -0.2) is 73.3 Å². The molecule has 6 nitrogen and oxygen atoms in total. The number of amides is 2. The molecule has 0 radical (unpaired) electrons. The number of anilines is 1. The highest BCUT2D eigenvalue weighted by molar-refractivity contribution is 7.22. The van der Waals surface area contributed by atoms with E-state index in [4.69, 9.17) is 9.72 Å². The molecule has 1 aromatic heterocycles.